The average Bonchev–Trinajstić information content (AvgIpc) is 2.76. The Morgan fingerprint density at radius 1 is 0.400 bits per heavy atom. The third-order valence-electron chi connectivity index (χ3n) is 6.74. The fourth-order valence-electron chi connectivity index (χ4n) is 4.56. The molecule has 0 heteroatoms. The number of hydrogen-bond donors (Lipinski definition) is 0. The van der Waals surface area contributed by atoms with Gasteiger partial charge in [0.1, 0.15) is 0 Å². The van der Waals surface area contributed by atoms with Crippen LogP contribution in [0.5, 0.6) is 0 Å². The molecule has 0 aromatic heterocycles. The molecule has 0 aliphatic carbocycles. The van der Waals surface area contributed by atoms with E-state index in [1.807, 2.05) is 0 Å². The summed E-state index contributed by atoms with van der Waals surface area (Å²) < 4.78 is 0. The van der Waals surface area contributed by atoms with Gasteiger partial charge in [0.2, 0.25) is 0 Å². The normalized spacial score (nSPS) is 12.8. The van der Waals surface area contributed by atoms with Crippen molar-refractivity contribution >= 4 is 0 Å². The van der Waals surface area contributed by atoms with Gasteiger partial charge in [0.05, 0.1) is 0 Å². The first-order chi connectivity index (χ1) is 14.8. The highest BCUT2D eigenvalue weighted by Crippen LogP contribution is 2.19. The van der Waals surface area contributed by atoms with Gasteiger partial charge in [-0.1, -0.05) is 161 Å². The molecule has 0 N–H and O–H groups in total. The van der Waals surface area contributed by atoms with E-state index in [9.17, 15) is 0 Å². The molecule has 1 atom stereocenters. The van der Waals surface area contributed by atoms with Crippen molar-refractivity contribution in [3.8, 4) is 0 Å². The maximum absolute atomic E-state index is 2.57. The van der Waals surface area contributed by atoms with Crippen LogP contribution in [0.15, 0.2) is 12.2 Å². The molecule has 1 unspecified atom stereocenters. The molecule has 0 amide bonds. The number of unbranched alkanes of at least 4 members (excludes halogenated alkanes) is 19. The molecule has 0 saturated heterocycles. The molecule has 0 aromatic carbocycles. The molecule has 0 saturated carbocycles. The SMILES string of the molecule is CCCCCCCCCCCCCCCCCC/C=C/C(CCCC)CCCCC. The van der Waals surface area contributed by atoms with Crippen LogP contribution < -0.4 is 0 Å². The van der Waals surface area contributed by atoms with Gasteiger partial charge in [-0.3, -0.25) is 0 Å². The van der Waals surface area contributed by atoms with Gasteiger partial charge in [0.15, 0.2) is 0 Å². The lowest BCUT2D eigenvalue weighted by atomic mass is 9.94. The fourth-order valence-corrected chi connectivity index (χ4v) is 4.56. The Morgan fingerprint density at radius 2 is 0.767 bits per heavy atom. The lowest BCUT2D eigenvalue weighted by molar-refractivity contribution is 0.487. The van der Waals surface area contributed by atoms with Gasteiger partial charge < -0.3 is 0 Å². The standard InChI is InChI=1S/C30H60/c1-4-7-10-11-12-13-14-15-16-17-18-19-20-21-22-23-24-26-29-30(27-9-6-3)28-25-8-5-2/h26,29-30H,4-25,27-28H2,1-3H3/b29-26+. The Bertz CT molecular complexity index is 316. The number of rotatable bonds is 25. The van der Waals surface area contributed by atoms with Crippen LogP contribution in [0.4, 0.5) is 0 Å². The van der Waals surface area contributed by atoms with E-state index in [-0.39, 0.29) is 0 Å². The topological polar surface area (TPSA) is 0 Å². The molecule has 0 aliphatic rings. The zero-order valence-electron chi connectivity index (χ0n) is 21.7. The quantitative estimate of drug-likeness (QED) is 0.102. The molecule has 0 nitrogen and oxygen atoms in total. The molecule has 180 valence electrons. The monoisotopic (exact) mass is 420 g/mol. The highest BCUT2D eigenvalue weighted by Gasteiger charge is 2.03. The molecule has 0 bridgehead atoms. The van der Waals surface area contributed by atoms with E-state index in [1.165, 1.54) is 154 Å². The zero-order chi connectivity index (χ0) is 22.0. The Balaban J connectivity index is 3.36. The number of allylic oxidation sites excluding steroid dienone is 2. The van der Waals surface area contributed by atoms with Gasteiger partial charge in [0, 0.05) is 0 Å². The molecule has 0 heterocycles. The highest BCUT2D eigenvalue weighted by molar-refractivity contribution is 4.88. The van der Waals surface area contributed by atoms with Crippen molar-refractivity contribution in [2.45, 2.75) is 175 Å². The van der Waals surface area contributed by atoms with Crippen LogP contribution in [0.2, 0.25) is 0 Å². The predicted octanol–water partition coefficient (Wildman–Crippen LogP) is 11.6. The smallest absolute Gasteiger partial charge is 0.0234 e. The second kappa shape index (κ2) is 26.8. The van der Waals surface area contributed by atoms with Gasteiger partial charge in [-0.05, 0) is 31.6 Å². The summed E-state index contributed by atoms with van der Waals surface area (Å²) in [6.45, 7) is 6.94. The van der Waals surface area contributed by atoms with E-state index >= 15 is 0 Å². The summed E-state index contributed by atoms with van der Waals surface area (Å²) >= 11 is 0. The van der Waals surface area contributed by atoms with Gasteiger partial charge >= 0.3 is 0 Å². The minimum atomic E-state index is 0.859. The van der Waals surface area contributed by atoms with E-state index in [0.717, 1.165) is 5.92 Å². The fraction of sp³-hybridized carbons (Fsp3) is 0.933. The van der Waals surface area contributed by atoms with Crippen molar-refractivity contribution < 1.29 is 0 Å². The van der Waals surface area contributed by atoms with Crippen molar-refractivity contribution in [2.24, 2.45) is 5.92 Å². The van der Waals surface area contributed by atoms with Crippen LogP contribution in [0.25, 0.3) is 0 Å². The van der Waals surface area contributed by atoms with Gasteiger partial charge in [-0.25, -0.2) is 0 Å². The van der Waals surface area contributed by atoms with Crippen molar-refractivity contribution in [3.05, 3.63) is 12.2 Å². The van der Waals surface area contributed by atoms with E-state index in [2.05, 4.69) is 32.9 Å². The van der Waals surface area contributed by atoms with Crippen LogP contribution in [-0.4, -0.2) is 0 Å². The van der Waals surface area contributed by atoms with E-state index in [1.54, 1.807) is 0 Å². The first-order valence-electron chi connectivity index (χ1n) is 14.5. The predicted molar refractivity (Wildman–Crippen MR) is 140 cm³/mol. The number of hydrogen-bond acceptors (Lipinski definition) is 0. The minimum Gasteiger partial charge on any atom is -0.0883 e. The summed E-state index contributed by atoms with van der Waals surface area (Å²) in [7, 11) is 0. The van der Waals surface area contributed by atoms with E-state index < -0.39 is 0 Å². The lowest BCUT2D eigenvalue weighted by Crippen LogP contribution is -1.96. The Labute approximate surface area is 193 Å². The van der Waals surface area contributed by atoms with Crippen LogP contribution in [0.3, 0.4) is 0 Å². The van der Waals surface area contributed by atoms with Crippen LogP contribution in [0, 0.1) is 5.92 Å². The van der Waals surface area contributed by atoms with Crippen LogP contribution in [0.1, 0.15) is 175 Å². The highest BCUT2D eigenvalue weighted by atomic mass is 14.1. The first kappa shape index (κ1) is 29.7. The van der Waals surface area contributed by atoms with Gasteiger partial charge in [-0.15, -0.1) is 0 Å². The van der Waals surface area contributed by atoms with Gasteiger partial charge in [-0.2, -0.15) is 0 Å². The van der Waals surface area contributed by atoms with Gasteiger partial charge in [0.25, 0.3) is 0 Å². The molecule has 0 rings (SSSR count). The van der Waals surface area contributed by atoms with E-state index in [0.29, 0.717) is 0 Å². The molecule has 0 spiro atoms. The summed E-state index contributed by atoms with van der Waals surface area (Å²) in [5.74, 6) is 0.859. The third-order valence-corrected chi connectivity index (χ3v) is 6.74. The average molecular weight is 421 g/mol. The maximum atomic E-state index is 2.57. The van der Waals surface area contributed by atoms with Crippen molar-refractivity contribution in [1.29, 1.82) is 0 Å². The minimum absolute atomic E-state index is 0.859. The summed E-state index contributed by atoms with van der Waals surface area (Å²) in [4.78, 5) is 0. The van der Waals surface area contributed by atoms with Crippen molar-refractivity contribution in [3.63, 3.8) is 0 Å². The largest absolute Gasteiger partial charge is 0.0883 e. The Hall–Kier alpha value is -0.260. The van der Waals surface area contributed by atoms with Crippen LogP contribution >= 0.6 is 0 Å². The summed E-state index contributed by atoms with van der Waals surface area (Å²) in [5.41, 5.74) is 0. The second-order valence-corrected chi connectivity index (χ2v) is 9.92. The molecular weight excluding hydrogens is 360 g/mol. The summed E-state index contributed by atoms with van der Waals surface area (Å²) in [5, 5.41) is 0. The molecular formula is C30H60. The van der Waals surface area contributed by atoms with Crippen molar-refractivity contribution in [2.75, 3.05) is 0 Å². The summed E-state index contributed by atoms with van der Waals surface area (Å²) in [6, 6.07) is 0. The Morgan fingerprint density at radius 3 is 1.23 bits per heavy atom. The summed E-state index contributed by atoms with van der Waals surface area (Å²) in [6.07, 6.45) is 39.5. The molecule has 30 heavy (non-hydrogen) atoms. The molecule has 0 aliphatic heterocycles. The third kappa shape index (κ3) is 24.0. The van der Waals surface area contributed by atoms with Crippen LogP contribution in [-0.2, 0) is 0 Å². The molecule has 0 aromatic rings. The first-order valence-corrected chi connectivity index (χ1v) is 14.5. The molecule has 0 fully saturated rings. The van der Waals surface area contributed by atoms with E-state index in [4.69, 9.17) is 0 Å². The maximum Gasteiger partial charge on any atom is -0.0234 e. The zero-order valence-corrected chi connectivity index (χ0v) is 21.7. The van der Waals surface area contributed by atoms with Crippen molar-refractivity contribution in [1.82, 2.24) is 0 Å². The second-order valence-electron chi connectivity index (χ2n) is 9.92. The Kier molecular flexibility index (Phi) is 26.5. The molecule has 0 radical (unpaired) electrons. The lowest BCUT2D eigenvalue weighted by Gasteiger charge is -2.11.